The molecular formula is C14H21N3O. The first-order chi connectivity index (χ1) is 8.09. The molecule has 0 amide bonds. The third-order valence-electron chi connectivity index (χ3n) is 3.03. The summed E-state index contributed by atoms with van der Waals surface area (Å²) in [7, 11) is 0. The van der Waals surface area contributed by atoms with Gasteiger partial charge in [-0.05, 0) is 0 Å². The molecule has 98 valence electrons. The van der Waals surface area contributed by atoms with Crippen molar-refractivity contribution in [1.29, 1.82) is 0 Å². The van der Waals surface area contributed by atoms with E-state index >= 15 is 0 Å². The van der Waals surface area contributed by atoms with Gasteiger partial charge >= 0.3 is 0 Å². The van der Waals surface area contributed by atoms with Crippen molar-refractivity contribution in [3.8, 4) is 0 Å². The maximum Gasteiger partial charge on any atom is 0.272 e. The topological polar surface area (TPSA) is 50.2 Å². The van der Waals surface area contributed by atoms with E-state index in [9.17, 15) is 4.79 Å². The molecule has 4 nitrogen and oxygen atoms in total. The van der Waals surface area contributed by atoms with Crippen LogP contribution in [0.1, 0.15) is 52.9 Å². The predicted molar refractivity (Wildman–Crippen MR) is 73.2 cm³/mol. The van der Waals surface area contributed by atoms with Crippen LogP contribution in [-0.2, 0) is 10.8 Å². The van der Waals surface area contributed by atoms with E-state index in [1.807, 2.05) is 6.07 Å². The number of aromatic amines is 1. The Morgan fingerprint density at radius 2 is 1.67 bits per heavy atom. The van der Waals surface area contributed by atoms with Crippen molar-refractivity contribution in [2.45, 2.75) is 52.4 Å². The highest BCUT2D eigenvalue weighted by atomic mass is 16.1. The predicted octanol–water partition coefficient (Wildman–Crippen LogP) is 2.62. The van der Waals surface area contributed by atoms with Crippen LogP contribution < -0.4 is 5.56 Å². The molecule has 1 N–H and O–H groups in total. The normalized spacial score (nSPS) is 13.2. The van der Waals surface area contributed by atoms with Crippen LogP contribution >= 0.6 is 0 Å². The second kappa shape index (κ2) is 3.70. The van der Waals surface area contributed by atoms with Gasteiger partial charge < -0.3 is 0 Å². The van der Waals surface area contributed by atoms with Crippen molar-refractivity contribution >= 4 is 5.65 Å². The maximum absolute atomic E-state index is 12.1. The number of nitrogens with one attached hydrogen (secondary N) is 1. The van der Waals surface area contributed by atoms with Crippen LogP contribution in [-0.4, -0.2) is 14.6 Å². The van der Waals surface area contributed by atoms with E-state index in [-0.39, 0.29) is 16.4 Å². The van der Waals surface area contributed by atoms with E-state index < -0.39 is 0 Å². The van der Waals surface area contributed by atoms with Crippen molar-refractivity contribution < 1.29 is 0 Å². The van der Waals surface area contributed by atoms with Crippen LogP contribution in [0, 0.1) is 0 Å². The lowest BCUT2D eigenvalue weighted by molar-refractivity contribution is 0.557. The van der Waals surface area contributed by atoms with E-state index in [0.717, 1.165) is 11.4 Å². The molecule has 0 unspecified atom stereocenters. The highest BCUT2D eigenvalue weighted by molar-refractivity contribution is 5.42. The van der Waals surface area contributed by atoms with E-state index in [0.29, 0.717) is 5.65 Å². The number of hydrogen-bond donors (Lipinski definition) is 1. The Labute approximate surface area is 107 Å². The number of rotatable bonds is 0. The van der Waals surface area contributed by atoms with Gasteiger partial charge in [0, 0.05) is 28.7 Å². The second-order valence-corrected chi connectivity index (χ2v) is 6.84. The Morgan fingerprint density at radius 3 is 2.17 bits per heavy atom. The van der Waals surface area contributed by atoms with Crippen LogP contribution in [0.4, 0.5) is 0 Å². The van der Waals surface area contributed by atoms with E-state index in [1.165, 1.54) is 4.52 Å². The Bertz CT molecular complexity index is 636. The molecule has 0 aromatic carbocycles. The number of fused-ring (bicyclic) bond motifs is 1. The molecule has 0 aliphatic heterocycles. The molecule has 18 heavy (non-hydrogen) atoms. The smallest absolute Gasteiger partial charge is 0.272 e. The lowest BCUT2D eigenvalue weighted by atomic mass is 9.92. The number of hydrogen-bond acceptors (Lipinski definition) is 2. The van der Waals surface area contributed by atoms with Crippen molar-refractivity contribution in [2.24, 2.45) is 0 Å². The molecule has 2 rings (SSSR count). The van der Waals surface area contributed by atoms with Crippen LogP contribution in [0.3, 0.4) is 0 Å². The average Bonchev–Trinajstić information content (AvgIpc) is 2.59. The number of nitrogens with zero attached hydrogens (tertiary/aromatic N) is 2. The molecule has 0 radical (unpaired) electrons. The highest BCUT2D eigenvalue weighted by Gasteiger charge is 2.21. The molecular weight excluding hydrogens is 226 g/mol. The molecule has 0 spiro atoms. The summed E-state index contributed by atoms with van der Waals surface area (Å²) in [5, 5.41) is 3.12. The zero-order valence-corrected chi connectivity index (χ0v) is 12.0. The van der Waals surface area contributed by atoms with E-state index in [4.69, 9.17) is 0 Å². The monoisotopic (exact) mass is 247 g/mol. The first-order valence-electron chi connectivity index (χ1n) is 6.23. The van der Waals surface area contributed by atoms with Crippen LogP contribution in [0.25, 0.3) is 5.65 Å². The number of aromatic nitrogens is 3. The van der Waals surface area contributed by atoms with E-state index in [2.05, 4.69) is 51.6 Å². The molecule has 0 saturated carbocycles. The van der Waals surface area contributed by atoms with Crippen molar-refractivity contribution in [1.82, 2.24) is 14.6 Å². The standard InChI is InChI=1S/C14H21N3O/c1-13(2,3)9-8-12(18)17-11(15-9)7-10(16-17)14(4,5)6/h7-8,16H,1-6H3. The summed E-state index contributed by atoms with van der Waals surface area (Å²) in [6, 6.07) is 3.56. The minimum Gasteiger partial charge on any atom is -0.293 e. The fourth-order valence-electron chi connectivity index (χ4n) is 1.76. The zero-order valence-electron chi connectivity index (χ0n) is 12.0. The fraction of sp³-hybridized carbons (Fsp3) is 0.571. The Morgan fingerprint density at radius 1 is 1.06 bits per heavy atom. The summed E-state index contributed by atoms with van der Waals surface area (Å²) in [4.78, 5) is 16.7. The first kappa shape index (κ1) is 12.9. The third kappa shape index (κ3) is 2.19. The Hall–Kier alpha value is -1.58. The molecule has 0 aliphatic rings. The molecule has 2 heterocycles. The zero-order chi connectivity index (χ0) is 13.7. The van der Waals surface area contributed by atoms with Crippen LogP contribution in [0.15, 0.2) is 16.9 Å². The Kier molecular flexibility index (Phi) is 2.65. The quantitative estimate of drug-likeness (QED) is 0.778. The van der Waals surface area contributed by atoms with Crippen molar-refractivity contribution in [3.63, 3.8) is 0 Å². The van der Waals surface area contributed by atoms with Gasteiger partial charge in [0.2, 0.25) is 0 Å². The summed E-state index contributed by atoms with van der Waals surface area (Å²) >= 11 is 0. The lowest BCUT2D eigenvalue weighted by Crippen LogP contribution is -2.22. The van der Waals surface area contributed by atoms with Gasteiger partial charge in [0.1, 0.15) is 0 Å². The SMILES string of the molecule is CC(C)(C)c1cc(=O)n2[nH]c(C(C)(C)C)cc2n1. The minimum absolute atomic E-state index is 0.0258. The highest BCUT2D eigenvalue weighted by Crippen LogP contribution is 2.23. The molecule has 0 bridgehead atoms. The Balaban J connectivity index is 2.71. The van der Waals surface area contributed by atoms with E-state index in [1.54, 1.807) is 6.07 Å². The molecule has 2 aromatic heterocycles. The van der Waals surface area contributed by atoms with Gasteiger partial charge in [-0.1, -0.05) is 41.5 Å². The van der Waals surface area contributed by atoms with Crippen LogP contribution in [0.5, 0.6) is 0 Å². The van der Waals surface area contributed by atoms with Crippen LogP contribution in [0.2, 0.25) is 0 Å². The molecule has 0 atom stereocenters. The van der Waals surface area contributed by atoms with Gasteiger partial charge in [0.25, 0.3) is 5.56 Å². The van der Waals surface area contributed by atoms with Gasteiger partial charge in [-0.15, -0.1) is 0 Å². The van der Waals surface area contributed by atoms with Gasteiger partial charge in [0.15, 0.2) is 5.65 Å². The molecule has 4 heteroatoms. The largest absolute Gasteiger partial charge is 0.293 e. The maximum atomic E-state index is 12.1. The van der Waals surface area contributed by atoms with Crippen molar-refractivity contribution in [3.05, 3.63) is 33.9 Å². The summed E-state index contributed by atoms with van der Waals surface area (Å²) < 4.78 is 1.51. The van der Waals surface area contributed by atoms with Gasteiger partial charge in [-0.2, -0.15) is 0 Å². The van der Waals surface area contributed by atoms with Gasteiger partial charge in [-0.3, -0.25) is 9.89 Å². The lowest BCUT2D eigenvalue weighted by Gasteiger charge is -2.16. The molecule has 0 aliphatic carbocycles. The molecule has 0 saturated heterocycles. The first-order valence-corrected chi connectivity index (χ1v) is 6.23. The minimum atomic E-state index is -0.118. The number of H-pyrrole nitrogens is 1. The summed E-state index contributed by atoms with van der Waals surface area (Å²) in [6.45, 7) is 12.5. The van der Waals surface area contributed by atoms with Gasteiger partial charge in [-0.25, -0.2) is 9.50 Å². The summed E-state index contributed by atoms with van der Waals surface area (Å²) in [5.41, 5.74) is 2.33. The second-order valence-electron chi connectivity index (χ2n) is 6.84. The third-order valence-corrected chi connectivity index (χ3v) is 3.03. The van der Waals surface area contributed by atoms with Crippen molar-refractivity contribution in [2.75, 3.05) is 0 Å². The molecule has 0 fully saturated rings. The van der Waals surface area contributed by atoms with Gasteiger partial charge in [0.05, 0.1) is 5.69 Å². The fourth-order valence-corrected chi connectivity index (χ4v) is 1.76. The average molecular weight is 247 g/mol. The molecule has 2 aromatic rings. The summed E-state index contributed by atoms with van der Waals surface area (Å²) in [6.07, 6.45) is 0. The summed E-state index contributed by atoms with van der Waals surface area (Å²) in [5.74, 6) is 0.